The van der Waals surface area contributed by atoms with Gasteiger partial charge in [0.25, 0.3) is 0 Å². The summed E-state index contributed by atoms with van der Waals surface area (Å²) in [5.74, 6) is 0.435. The second-order valence-corrected chi connectivity index (χ2v) is 5.73. The quantitative estimate of drug-likeness (QED) is 0.745. The van der Waals surface area contributed by atoms with Gasteiger partial charge in [0.1, 0.15) is 5.75 Å². The maximum absolute atomic E-state index is 11.8. The summed E-state index contributed by atoms with van der Waals surface area (Å²) in [6.07, 6.45) is 0. The van der Waals surface area contributed by atoms with E-state index in [-0.39, 0.29) is 6.73 Å². The van der Waals surface area contributed by atoms with Crippen LogP contribution in [-0.4, -0.2) is 12.8 Å². The van der Waals surface area contributed by atoms with Crippen molar-refractivity contribution in [3.8, 4) is 5.75 Å². The molecule has 0 aromatic heterocycles. The molecule has 0 aliphatic carbocycles. The molecule has 0 saturated heterocycles. The predicted molar refractivity (Wildman–Crippen MR) is 90.3 cm³/mol. The summed E-state index contributed by atoms with van der Waals surface area (Å²) in [5.41, 5.74) is 1.54. The molecule has 4 nitrogen and oxygen atoms in total. The lowest BCUT2D eigenvalue weighted by atomic mass is 10.2. The molecular weight excluding hydrogens is 347 g/mol. The number of benzene rings is 2. The fourth-order valence-electron chi connectivity index (χ4n) is 1.67. The fraction of sp³-hybridized carbons (Fsp3) is 0.133. The van der Waals surface area contributed by atoms with Crippen molar-refractivity contribution in [2.24, 2.45) is 0 Å². The molecule has 0 fully saturated rings. The number of urea groups is 1. The number of amides is 2. The minimum Gasteiger partial charge on any atom is -0.472 e. The van der Waals surface area contributed by atoms with E-state index in [9.17, 15) is 4.79 Å². The van der Waals surface area contributed by atoms with Crippen LogP contribution < -0.4 is 15.4 Å². The highest BCUT2D eigenvalue weighted by molar-refractivity contribution is 6.35. The second-order valence-electron chi connectivity index (χ2n) is 4.45. The first kappa shape index (κ1) is 16.7. The highest BCUT2D eigenvalue weighted by Crippen LogP contribution is 2.27. The van der Waals surface area contributed by atoms with Crippen LogP contribution in [0, 0.1) is 6.92 Å². The van der Waals surface area contributed by atoms with Crippen LogP contribution >= 0.6 is 34.8 Å². The number of hydrogen-bond donors (Lipinski definition) is 2. The Bertz CT molecular complexity index is 692. The molecule has 2 rings (SSSR count). The van der Waals surface area contributed by atoms with Crippen LogP contribution in [-0.2, 0) is 0 Å². The number of carbonyl (C=O) groups excluding carboxylic acids is 1. The Morgan fingerprint density at radius 1 is 1.09 bits per heavy atom. The maximum Gasteiger partial charge on any atom is 0.321 e. The molecule has 2 N–H and O–H groups in total. The van der Waals surface area contributed by atoms with Crippen LogP contribution in [0.3, 0.4) is 0 Å². The minimum atomic E-state index is -0.407. The van der Waals surface area contributed by atoms with Gasteiger partial charge in [0.15, 0.2) is 6.73 Å². The number of anilines is 1. The molecule has 2 aromatic carbocycles. The van der Waals surface area contributed by atoms with Crippen molar-refractivity contribution >= 4 is 46.5 Å². The van der Waals surface area contributed by atoms with Crippen molar-refractivity contribution in [2.75, 3.05) is 12.0 Å². The van der Waals surface area contributed by atoms with Gasteiger partial charge in [0.2, 0.25) is 0 Å². The van der Waals surface area contributed by atoms with Gasteiger partial charge in [-0.3, -0.25) is 0 Å². The highest BCUT2D eigenvalue weighted by Gasteiger charge is 2.06. The van der Waals surface area contributed by atoms with Gasteiger partial charge >= 0.3 is 6.03 Å². The number of hydrogen-bond acceptors (Lipinski definition) is 2. The molecule has 0 radical (unpaired) electrons. The molecular formula is C15H13Cl3N2O2. The van der Waals surface area contributed by atoms with E-state index in [0.717, 1.165) is 5.56 Å². The number of halogens is 3. The van der Waals surface area contributed by atoms with E-state index >= 15 is 0 Å². The molecule has 7 heteroatoms. The molecule has 0 aliphatic heterocycles. The Morgan fingerprint density at radius 3 is 2.50 bits per heavy atom. The van der Waals surface area contributed by atoms with Crippen molar-refractivity contribution in [1.82, 2.24) is 5.32 Å². The van der Waals surface area contributed by atoms with E-state index in [2.05, 4.69) is 10.6 Å². The Labute approximate surface area is 143 Å². The van der Waals surface area contributed by atoms with Crippen molar-refractivity contribution in [3.05, 3.63) is 57.0 Å². The van der Waals surface area contributed by atoms with E-state index < -0.39 is 6.03 Å². The molecule has 0 unspecified atom stereocenters. The topological polar surface area (TPSA) is 50.4 Å². The average molecular weight is 360 g/mol. The third kappa shape index (κ3) is 4.70. The summed E-state index contributed by atoms with van der Waals surface area (Å²) < 4.78 is 5.37. The van der Waals surface area contributed by atoms with Gasteiger partial charge in [-0.2, -0.15) is 0 Å². The lowest BCUT2D eigenvalue weighted by molar-refractivity contribution is 0.234. The molecule has 2 aromatic rings. The molecule has 116 valence electrons. The first-order chi connectivity index (χ1) is 10.5. The SMILES string of the molecule is Cc1ccc(Cl)cc1NC(=O)NCOc1ccc(Cl)cc1Cl. The summed E-state index contributed by atoms with van der Waals surface area (Å²) in [7, 11) is 0. The van der Waals surface area contributed by atoms with Crippen LogP contribution in [0.4, 0.5) is 10.5 Å². The van der Waals surface area contributed by atoms with Gasteiger partial charge in [-0.05, 0) is 42.8 Å². The lowest BCUT2D eigenvalue weighted by Gasteiger charge is -2.12. The normalized spacial score (nSPS) is 10.2. The number of rotatable bonds is 4. The van der Waals surface area contributed by atoms with E-state index in [0.29, 0.717) is 26.5 Å². The third-order valence-electron chi connectivity index (χ3n) is 2.80. The van der Waals surface area contributed by atoms with Crippen LogP contribution in [0.15, 0.2) is 36.4 Å². The highest BCUT2D eigenvalue weighted by atomic mass is 35.5. The smallest absolute Gasteiger partial charge is 0.321 e. The monoisotopic (exact) mass is 358 g/mol. The summed E-state index contributed by atoms with van der Waals surface area (Å²) >= 11 is 17.6. The second kappa shape index (κ2) is 7.58. The summed E-state index contributed by atoms with van der Waals surface area (Å²) in [6.45, 7) is 1.84. The van der Waals surface area contributed by atoms with Gasteiger partial charge in [-0.25, -0.2) is 4.79 Å². The average Bonchev–Trinajstić information content (AvgIpc) is 2.45. The zero-order valence-corrected chi connectivity index (χ0v) is 13.9. The van der Waals surface area contributed by atoms with Gasteiger partial charge in [-0.15, -0.1) is 0 Å². The maximum atomic E-state index is 11.8. The van der Waals surface area contributed by atoms with Gasteiger partial charge in [0, 0.05) is 15.7 Å². The first-order valence-corrected chi connectivity index (χ1v) is 7.48. The largest absolute Gasteiger partial charge is 0.472 e. The van der Waals surface area contributed by atoms with Gasteiger partial charge in [-0.1, -0.05) is 40.9 Å². The molecule has 22 heavy (non-hydrogen) atoms. The fourth-order valence-corrected chi connectivity index (χ4v) is 2.30. The molecule has 2 amide bonds. The molecule has 0 bridgehead atoms. The number of nitrogens with one attached hydrogen (secondary N) is 2. The Kier molecular flexibility index (Phi) is 5.77. The molecule has 0 atom stereocenters. The van der Waals surface area contributed by atoms with Crippen molar-refractivity contribution < 1.29 is 9.53 Å². The predicted octanol–water partition coefficient (Wildman–Crippen LogP) is 5.11. The number of aryl methyl sites for hydroxylation is 1. The Balaban J connectivity index is 1.86. The summed E-state index contributed by atoms with van der Waals surface area (Å²) in [4.78, 5) is 11.8. The third-order valence-corrected chi connectivity index (χ3v) is 3.57. The zero-order valence-electron chi connectivity index (χ0n) is 11.6. The Hall–Kier alpha value is -1.62. The van der Waals surface area contributed by atoms with E-state index in [1.54, 1.807) is 30.3 Å². The first-order valence-electron chi connectivity index (χ1n) is 6.34. The number of carbonyl (C=O) groups is 1. The summed E-state index contributed by atoms with van der Waals surface area (Å²) in [5, 5.41) is 6.69. The van der Waals surface area contributed by atoms with E-state index in [1.807, 2.05) is 13.0 Å². The van der Waals surface area contributed by atoms with Crippen LogP contribution in [0.25, 0.3) is 0 Å². The minimum absolute atomic E-state index is 0.0349. The van der Waals surface area contributed by atoms with Crippen LogP contribution in [0.5, 0.6) is 5.75 Å². The van der Waals surface area contributed by atoms with Crippen molar-refractivity contribution in [2.45, 2.75) is 6.92 Å². The van der Waals surface area contributed by atoms with E-state index in [4.69, 9.17) is 39.5 Å². The van der Waals surface area contributed by atoms with Crippen molar-refractivity contribution in [3.63, 3.8) is 0 Å². The number of ether oxygens (including phenoxy) is 1. The van der Waals surface area contributed by atoms with Crippen LogP contribution in [0.2, 0.25) is 15.1 Å². The van der Waals surface area contributed by atoms with Gasteiger partial charge < -0.3 is 15.4 Å². The lowest BCUT2D eigenvalue weighted by Crippen LogP contribution is -2.32. The summed E-state index contributed by atoms with van der Waals surface area (Å²) in [6, 6.07) is 9.69. The molecule has 0 aliphatic rings. The zero-order chi connectivity index (χ0) is 16.1. The standard InChI is InChI=1S/C15H13Cl3N2O2/c1-9-2-3-11(17)7-13(9)20-15(21)19-8-22-14-5-4-10(16)6-12(14)18/h2-7H,8H2,1H3,(H2,19,20,21). The van der Waals surface area contributed by atoms with Crippen molar-refractivity contribution in [1.29, 1.82) is 0 Å². The molecule has 0 heterocycles. The Morgan fingerprint density at radius 2 is 1.77 bits per heavy atom. The van der Waals surface area contributed by atoms with Crippen LogP contribution in [0.1, 0.15) is 5.56 Å². The van der Waals surface area contributed by atoms with E-state index in [1.165, 1.54) is 0 Å². The molecule has 0 spiro atoms. The molecule has 0 saturated carbocycles. The van der Waals surface area contributed by atoms with Gasteiger partial charge in [0.05, 0.1) is 5.02 Å².